The van der Waals surface area contributed by atoms with E-state index in [1.54, 1.807) is 0 Å². The van der Waals surface area contributed by atoms with Gasteiger partial charge in [0.15, 0.2) is 0 Å². The third kappa shape index (κ3) is 13.8. The zero-order valence-corrected chi connectivity index (χ0v) is 15.3. The Morgan fingerprint density at radius 1 is 0.619 bits per heavy atom. The maximum atomic E-state index is 2.42. The molecule has 0 fully saturated rings. The summed E-state index contributed by atoms with van der Waals surface area (Å²) in [6, 6.07) is 0. The molecule has 0 nitrogen and oxygen atoms in total. The Kier molecular flexibility index (Phi) is 12.2. The third-order valence-electron chi connectivity index (χ3n) is 3.71. The monoisotopic (exact) mass is 286 g/mol. The molecule has 0 aromatic rings. The fourth-order valence-corrected chi connectivity index (χ4v) is 2.34. The van der Waals surface area contributed by atoms with E-state index >= 15 is 0 Å². The first-order valence-corrected chi connectivity index (χ1v) is 8.56. The number of hydrogen-bond donors (Lipinski definition) is 0. The van der Waals surface area contributed by atoms with Crippen LogP contribution in [-0.4, -0.2) is 7.85 Å². The van der Waals surface area contributed by atoms with E-state index in [-0.39, 0.29) is 0 Å². The number of hydrogen-bond acceptors (Lipinski definition) is 0. The molecular formula is C20H35B. The standard InChI is InChI=1S/C20H35B/c1-17(2)9-6-10-18(3)11-7-12-19(4)13-8-14-20(5)15-16-21/h9,11,13,15H,6-8,10,12,14,16,21H2,1-5H3/b18-11+,19-13+,20-15+. The molecule has 0 unspecified atom stereocenters. The maximum Gasteiger partial charge on any atom is 0.106 e. The summed E-state index contributed by atoms with van der Waals surface area (Å²) < 4.78 is 0. The van der Waals surface area contributed by atoms with E-state index in [0.717, 1.165) is 6.32 Å². The Morgan fingerprint density at radius 2 is 1.00 bits per heavy atom. The lowest BCUT2D eigenvalue weighted by molar-refractivity contribution is 0.899. The fourth-order valence-electron chi connectivity index (χ4n) is 2.34. The molecule has 21 heavy (non-hydrogen) atoms. The molecule has 1 heteroatoms. The minimum Gasteiger partial charge on any atom is -0.0935 e. The lowest BCUT2D eigenvalue weighted by Crippen LogP contribution is -1.82. The molecule has 0 bridgehead atoms. The van der Waals surface area contributed by atoms with Crippen LogP contribution >= 0.6 is 0 Å². The van der Waals surface area contributed by atoms with Crippen molar-refractivity contribution >= 4 is 7.85 Å². The third-order valence-corrected chi connectivity index (χ3v) is 3.71. The van der Waals surface area contributed by atoms with Crippen LogP contribution in [-0.2, 0) is 0 Å². The van der Waals surface area contributed by atoms with E-state index < -0.39 is 0 Å². The first-order chi connectivity index (χ1) is 9.95. The second-order valence-corrected chi connectivity index (χ2v) is 6.46. The topological polar surface area (TPSA) is 0 Å². The van der Waals surface area contributed by atoms with Gasteiger partial charge in [0.2, 0.25) is 0 Å². The summed E-state index contributed by atoms with van der Waals surface area (Å²) in [5.74, 6) is 0. The predicted octanol–water partition coefficient (Wildman–Crippen LogP) is 6.18. The Labute approximate surface area is 134 Å². The van der Waals surface area contributed by atoms with E-state index in [2.05, 4.69) is 66.8 Å². The van der Waals surface area contributed by atoms with Crippen LogP contribution in [0.5, 0.6) is 0 Å². The van der Waals surface area contributed by atoms with Crippen molar-refractivity contribution in [2.45, 2.75) is 79.5 Å². The molecule has 0 N–H and O–H groups in total. The maximum absolute atomic E-state index is 2.42. The number of allylic oxidation sites excluding steroid dienone is 8. The molecule has 0 aliphatic rings. The Morgan fingerprint density at radius 3 is 1.38 bits per heavy atom. The van der Waals surface area contributed by atoms with E-state index in [9.17, 15) is 0 Å². The highest BCUT2D eigenvalue weighted by molar-refractivity contribution is 6.09. The highest BCUT2D eigenvalue weighted by atomic mass is 14.0. The van der Waals surface area contributed by atoms with Gasteiger partial charge in [-0.15, -0.1) is 0 Å². The SMILES string of the molecule is BC/C=C(\C)CC/C=C(\C)CC/C=C(\C)CCC=C(C)C. The molecule has 0 radical (unpaired) electrons. The van der Waals surface area contributed by atoms with Crippen LogP contribution in [0.2, 0.25) is 6.32 Å². The van der Waals surface area contributed by atoms with Gasteiger partial charge < -0.3 is 0 Å². The zero-order valence-electron chi connectivity index (χ0n) is 15.3. The normalized spacial score (nSPS) is 13.5. The lowest BCUT2D eigenvalue weighted by Gasteiger charge is -2.02. The molecular weight excluding hydrogens is 251 g/mol. The molecule has 0 aromatic carbocycles. The molecule has 0 spiro atoms. The summed E-state index contributed by atoms with van der Waals surface area (Å²) in [6.07, 6.45) is 17.8. The van der Waals surface area contributed by atoms with Gasteiger partial charge in [-0.2, -0.15) is 0 Å². The molecule has 0 aliphatic carbocycles. The molecule has 118 valence electrons. The van der Waals surface area contributed by atoms with Crippen LogP contribution in [0.3, 0.4) is 0 Å². The van der Waals surface area contributed by atoms with Gasteiger partial charge in [-0.3, -0.25) is 0 Å². The Bertz CT molecular complexity index is 390. The van der Waals surface area contributed by atoms with Crippen LogP contribution in [0.25, 0.3) is 0 Å². The first-order valence-electron chi connectivity index (χ1n) is 8.56. The minimum atomic E-state index is 1.16. The molecule has 0 aromatic heterocycles. The lowest BCUT2D eigenvalue weighted by atomic mass is 10.0. The number of rotatable bonds is 10. The predicted molar refractivity (Wildman–Crippen MR) is 102 cm³/mol. The van der Waals surface area contributed by atoms with Gasteiger partial charge in [-0.25, -0.2) is 0 Å². The summed E-state index contributed by atoms with van der Waals surface area (Å²) >= 11 is 0. The average molecular weight is 286 g/mol. The van der Waals surface area contributed by atoms with Crippen LogP contribution in [0.1, 0.15) is 73.1 Å². The molecule has 0 saturated heterocycles. The molecule has 0 aliphatic heterocycles. The van der Waals surface area contributed by atoms with E-state index in [1.165, 1.54) is 60.8 Å². The smallest absolute Gasteiger partial charge is 0.0935 e. The van der Waals surface area contributed by atoms with Crippen LogP contribution in [0.4, 0.5) is 0 Å². The highest BCUT2D eigenvalue weighted by Gasteiger charge is 1.93. The van der Waals surface area contributed by atoms with Gasteiger partial charge in [-0.05, 0) is 73.1 Å². The van der Waals surface area contributed by atoms with Crippen molar-refractivity contribution in [3.63, 3.8) is 0 Å². The van der Waals surface area contributed by atoms with Crippen LogP contribution < -0.4 is 0 Å². The van der Waals surface area contributed by atoms with E-state index in [4.69, 9.17) is 0 Å². The van der Waals surface area contributed by atoms with Crippen molar-refractivity contribution in [3.8, 4) is 0 Å². The van der Waals surface area contributed by atoms with Gasteiger partial charge in [0.1, 0.15) is 7.85 Å². The van der Waals surface area contributed by atoms with Crippen molar-refractivity contribution in [3.05, 3.63) is 46.6 Å². The molecule has 0 amide bonds. The van der Waals surface area contributed by atoms with Crippen molar-refractivity contribution < 1.29 is 0 Å². The van der Waals surface area contributed by atoms with Crippen molar-refractivity contribution in [2.24, 2.45) is 0 Å². The molecule has 0 heterocycles. The minimum absolute atomic E-state index is 1.16. The van der Waals surface area contributed by atoms with Gasteiger partial charge in [0.05, 0.1) is 0 Å². The van der Waals surface area contributed by atoms with Crippen LogP contribution in [0.15, 0.2) is 46.6 Å². The molecule has 0 rings (SSSR count). The first kappa shape index (κ1) is 20.0. The summed E-state index contributed by atoms with van der Waals surface area (Å²) in [5.41, 5.74) is 6.01. The van der Waals surface area contributed by atoms with Crippen molar-refractivity contribution in [2.75, 3.05) is 0 Å². The quantitative estimate of drug-likeness (QED) is 0.332. The summed E-state index contributed by atoms with van der Waals surface area (Å²) in [7, 11) is 2.21. The fraction of sp³-hybridized carbons (Fsp3) is 0.600. The van der Waals surface area contributed by atoms with Crippen molar-refractivity contribution in [1.82, 2.24) is 0 Å². The van der Waals surface area contributed by atoms with Gasteiger partial charge in [0, 0.05) is 0 Å². The second kappa shape index (κ2) is 12.7. The second-order valence-electron chi connectivity index (χ2n) is 6.46. The van der Waals surface area contributed by atoms with Gasteiger partial charge in [0.25, 0.3) is 0 Å². The van der Waals surface area contributed by atoms with Gasteiger partial charge in [-0.1, -0.05) is 52.9 Å². The average Bonchev–Trinajstić information content (AvgIpc) is 2.38. The largest absolute Gasteiger partial charge is 0.106 e. The van der Waals surface area contributed by atoms with Crippen LogP contribution in [0, 0.1) is 0 Å². The molecule has 0 saturated carbocycles. The van der Waals surface area contributed by atoms with Crippen molar-refractivity contribution in [1.29, 1.82) is 0 Å². The highest BCUT2D eigenvalue weighted by Crippen LogP contribution is 2.13. The summed E-state index contributed by atoms with van der Waals surface area (Å²) in [5, 5.41) is 0. The molecule has 0 atom stereocenters. The zero-order chi connectivity index (χ0) is 16.1. The Hall–Kier alpha value is -0.975. The Balaban J connectivity index is 3.93. The van der Waals surface area contributed by atoms with E-state index in [1.807, 2.05) is 0 Å². The summed E-state index contributed by atoms with van der Waals surface area (Å²) in [6.45, 7) is 11.1. The summed E-state index contributed by atoms with van der Waals surface area (Å²) in [4.78, 5) is 0. The van der Waals surface area contributed by atoms with Gasteiger partial charge >= 0.3 is 0 Å². The van der Waals surface area contributed by atoms with E-state index in [0.29, 0.717) is 0 Å².